The number of fused-ring (bicyclic) bond motifs is 1. The van der Waals surface area contributed by atoms with Crippen LogP contribution < -0.4 is 0 Å². The summed E-state index contributed by atoms with van der Waals surface area (Å²) >= 11 is 0. The van der Waals surface area contributed by atoms with Gasteiger partial charge in [0, 0.05) is 37.6 Å². The summed E-state index contributed by atoms with van der Waals surface area (Å²) in [4.78, 5) is 21.2. The van der Waals surface area contributed by atoms with Crippen LogP contribution in [-0.4, -0.2) is 63.4 Å². The zero-order valence-corrected chi connectivity index (χ0v) is 24.0. The van der Waals surface area contributed by atoms with Gasteiger partial charge in [0.1, 0.15) is 0 Å². The summed E-state index contributed by atoms with van der Waals surface area (Å²) in [5, 5.41) is 19.8. The standard InChI is InChI=1S/C32H41N5O3/c1-4-26-8-10-28(23(2)16-29(26)35-12-14-40-15-13-35)37(31(38)39)20-25-6-5-11-32(3,18-25)21-36-22-34-27-9-7-24(19-33)17-30(27)36/h7,9-10,16-17,22,25H,4-6,8,11-15,18,20-21H2,1-3H3,(H,38,39). The van der Waals surface area contributed by atoms with Gasteiger partial charge in [0.05, 0.1) is 42.2 Å². The van der Waals surface area contributed by atoms with Crippen molar-refractivity contribution >= 4 is 17.1 Å². The van der Waals surface area contributed by atoms with E-state index in [-0.39, 0.29) is 11.3 Å². The maximum absolute atomic E-state index is 12.7. The topological polar surface area (TPSA) is 94.6 Å². The van der Waals surface area contributed by atoms with E-state index >= 15 is 0 Å². The first-order valence-corrected chi connectivity index (χ1v) is 14.6. The number of ether oxygens (including phenoxy) is 1. The van der Waals surface area contributed by atoms with Gasteiger partial charge < -0.3 is 19.3 Å². The highest BCUT2D eigenvalue weighted by molar-refractivity contribution is 5.77. The lowest BCUT2D eigenvalue weighted by Crippen LogP contribution is -2.39. The van der Waals surface area contributed by atoms with Crippen LogP contribution in [0.5, 0.6) is 0 Å². The number of nitrogens with zero attached hydrogens (tertiary/aromatic N) is 5. The first-order valence-electron chi connectivity index (χ1n) is 14.6. The molecule has 1 aromatic carbocycles. The zero-order valence-electron chi connectivity index (χ0n) is 24.0. The Morgan fingerprint density at radius 2 is 2.12 bits per heavy atom. The number of amides is 1. The van der Waals surface area contributed by atoms with E-state index in [4.69, 9.17) is 4.74 Å². The largest absolute Gasteiger partial charge is 0.465 e. The molecule has 1 aromatic heterocycles. The molecule has 212 valence electrons. The predicted octanol–water partition coefficient (Wildman–Crippen LogP) is 6.31. The number of nitriles is 1. The number of rotatable bonds is 7. The van der Waals surface area contributed by atoms with Crippen molar-refractivity contribution in [2.45, 2.75) is 65.8 Å². The van der Waals surface area contributed by atoms with Crippen molar-refractivity contribution in [2.75, 3.05) is 32.8 Å². The predicted molar refractivity (Wildman–Crippen MR) is 155 cm³/mol. The number of allylic oxidation sites excluding steroid dienone is 4. The third-order valence-corrected chi connectivity index (χ3v) is 8.88. The summed E-state index contributed by atoms with van der Waals surface area (Å²) in [5.41, 5.74) is 6.93. The molecule has 8 nitrogen and oxygen atoms in total. The Kier molecular flexibility index (Phi) is 8.32. The molecule has 5 rings (SSSR count). The average molecular weight is 544 g/mol. The molecule has 2 aromatic rings. The molecule has 2 unspecified atom stereocenters. The van der Waals surface area contributed by atoms with E-state index in [1.54, 1.807) is 11.0 Å². The Labute approximate surface area is 237 Å². The van der Waals surface area contributed by atoms with E-state index in [0.717, 1.165) is 93.7 Å². The van der Waals surface area contributed by atoms with Gasteiger partial charge in [0.15, 0.2) is 0 Å². The Hall–Kier alpha value is -3.57. The minimum absolute atomic E-state index is 0.0204. The second kappa shape index (κ2) is 11.9. The maximum atomic E-state index is 12.7. The van der Waals surface area contributed by atoms with E-state index in [9.17, 15) is 15.2 Å². The fourth-order valence-corrected chi connectivity index (χ4v) is 6.85. The molecule has 1 amide bonds. The summed E-state index contributed by atoms with van der Waals surface area (Å²) in [6.07, 6.45) is 11.1. The van der Waals surface area contributed by atoms with Crippen molar-refractivity contribution in [3.8, 4) is 6.07 Å². The number of carbonyl (C=O) groups is 1. The Bertz CT molecular complexity index is 1390. The molecule has 8 heteroatoms. The lowest BCUT2D eigenvalue weighted by Gasteiger charge is -2.40. The van der Waals surface area contributed by atoms with Gasteiger partial charge in [0.2, 0.25) is 0 Å². The smallest absolute Gasteiger partial charge is 0.411 e. The molecule has 1 saturated carbocycles. The highest BCUT2D eigenvalue weighted by Gasteiger charge is 2.35. The van der Waals surface area contributed by atoms with Gasteiger partial charge in [-0.1, -0.05) is 26.3 Å². The number of hydrogen-bond donors (Lipinski definition) is 1. The molecule has 0 spiro atoms. The SMILES string of the molecule is CCC1=C(N2CCOCC2)C=C(C)C(N(CC2CCCC(C)(Cn3cnc4ccc(C#N)cc43)C2)C(=O)O)=CC1. The molecular weight excluding hydrogens is 502 g/mol. The number of hydrogen-bond acceptors (Lipinski definition) is 5. The number of benzene rings is 1. The van der Waals surface area contributed by atoms with Gasteiger partial charge in [-0.15, -0.1) is 0 Å². The molecule has 1 saturated heterocycles. The minimum atomic E-state index is -0.885. The Morgan fingerprint density at radius 3 is 2.85 bits per heavy atom. The van der Waals surface area contributed by atoms with Gasteiger partial charge in [-0.3, -0.25) is 4.90 Å². The van der Waals surface area contributed by atoms with Crippen LogP contribution in [0.2, 0.25) is 0 Å². The van der Waals surface area contributed by atoms with Crippen LogP contribution in [0.25, 0.3) is 11.0 Å². The summed E-state index contributed by atoms with van der Waals surface area (Å²) < 4.78 is 7.74. The Balaban J connectivity index is 1.33. The van der Waals surface area contributed by atoms with E-state index < -0.39 is 6.09 Å². The molecule has 2 fully saturated rings. The first-order chi connectivity index (χ1) is 19.3. The van der Waals surface area contributed by atoms with Crippen molar-refractivity contribution in [1.29, 1.82) is 5.26 Å². The quantitative estimate of drug-likeness (QED) is 0.439. The highest BCUT2D eigenvalue weighted by atomic mass is 16.5. The van der Waals surface area contributed by atoms with Crippen LogP contribution >= 0.6 is 0 Å². The fourth-order valence-electron chi connectivity index (χ4n) is 6.85. The van der Waals surface area contributed by atoms with Crippen LogP contribution in [-0.2, 0) is 11.3 Å². The monoisotopic (exact) mass is 543 g/mol. The molecule has 40 heavy (non-hydrogen) atoms. The lowest BCUT2D eigenvalue weighted by atomic mass is 9.70. The molecule has 2 atom stereocenters. The first kappa shape index (κ1) is 28.0. The minimum Gasteiger partial charge on any atom is -0.465 e. The van der Waals surface area contributed by atoms with Crippen LogP contribution in [0, 0.1) is 22.7 Å². The zero-order chi connectivity index (χ0) is 28.3. The normalized spacial score (nSPS) is 23.9. The molecular formula is C32H41N5O3. The summed E-state index contributed by atoms with van der Waals surface area (Å²) in [5.74, 6) is 0.272. The second-order valence-electron chi connectivity index (χ2n) is 11.9. The van der Waals surface area contributed by atoms with Crippen LogP contribution in [0.4, 0.5) is 4.79 Å². The van der Waals surface area contributed by atoms with E-state index in [1.165, 1.54) is 11.3 Å². The van der Waals surface area contributed by atoms with Gasteiger partial charge in [-0.2, -0.15) is 5.26 Å². The number of morpholine rings is 1. The third kappa shape index (κ3) is 5.95. The van der Waals surface area contributed by atoms with E-state index in [0.29, 0.717) is 12.1 Å². The number of aromatic nitrogens is 2. The van der Waals surface area contributed by atoms with Gasteiger partial charge in [-0.25, -0.2) is 9.78 Å². The van der Waals surface area contributed by atoms with Gasteiger partial charge >= 0.3 is 6.09 Å². The number of carboxylic acid groups (broad SMARTS) is 1. The van der Waals surface area contributed by atoms with Crippen molar-refractivity contribution in [3.63, 3.8) is 0 Å². The molecule has 1 N–H and O–H groups in total. The van der Waals surface area contributed by atoms with Crippen LogP contribution in [0.1, 0.15) is 64.9 Å². The van der Waals surface area contributed by atoms with Crippen LogP contribution in [0.15, 0.2) is 59.2 Å². The van der Waals surface area contributed by atoms with Crippen molar-refractivity contribution in [2.24, 2.45) is 11.3 Å². The molecule has 0 bridgehead atoms. The van der Waals surface area contributed by atoms with E-state index in [1.807, 2.05) is 25.4 Å². The van der Waals surface area contributed by atoms with Crippen molar-refractivity contribution in [1.82, 2.24) is 19.4 Å². The summed E-state index contributed by atoms with van der Waals surface area (Å²) in [7, 11) is 0. The van der Waals surface area contributed by atoms with E-state index in [2.05, 4.69) is 46.5 Å². The molecule has 1 aliphatic heterocycles. The summed E-state index contributed by atoms with van der Waals surface area (Å²) in [6, 6.07) is 7.85. The van der Waals surface area contributed by atoms with Crippen molar-refractivity contribution in [3.05, 3.63) is 64.8 Å². The van der Waals surface area contributed by atoms with Crippen LogP contribution in [0.3, 0.4) is 0 Å². The molecule has 2 heterocycles. The maximum Gasteiger partial charge on any atom is 0.411 e. The average Bonchev–Trinajstić information content (AvgIpc) is 3.26. The van der Waals surface area contributed by atoms with Gasteiger partial charge in [-0.05, 0) is 85.8 Å². The van der Waals surface area contributed by atoms with Crippen molar-refractivity contribution < 1.29 is 14.6 Å². The number of imidazole rings is 1. The molecule has 0 radical (unpaired) electrons. The third-order valence-electron chi connectivity index (χ3n) is 8.88. The lowest BCUT2D eigenvalue weighted by molar-refractivity contribution is 0.0548. The Morgan fingerprint density at radius 1 is 1.32 bits per heavy atom. The molecule has 3 aliphatic rings. The fraction of sp³-hybridized carbons (Fsp3) is 0.531. The highest BCUT2D eigenvalue weighted by Crippen LogP contribution is 2.42. The molecule has 2 aliphatic carbocycles. The van der Waals surface area contributed by atoms with Gasteiger partial charge in [0.25, 0.3) is 0 Å². The second-order valence-corrected chi connectivity index (χ2v) is 11.9. The summed E-state index contributed by atoms with van der Waals surface area (Å²) in [6.45, 7) is 11.0.